The van der Waals surface area contributed by atoms with Crippen LogP contribution in [0.15, 0.2) is 59.5 Å². The molecule has 1 aliphatic rings. The third kappa shape index (κ3) is 3.67. The second-order valence-corrected chi connectivity index (χ2v) is 8.26. The molecular weight excluding hydrogens is 336 g/mol. The molecule has 1 fully saturated rings. The van der Waals surface area contributed by atoms with Crippen LogP contribution >= 0.6 is 23.5 Å². The van der Waals surface area contributed by atoms with Crippen molar-refractivity contribution in [2.75, 3.05) is 17.8 Å². The van der Waals surface area contributed by atoms with Crippen molar-refractivity contribution in [1.82, 2.24) is 0 Å². The van der Waals surface area contributed by atoms with E-state index in [0.717, 1.165) is 22.6 Å². The van der Waals surface area contributed by atoms with Crippen molar-refractivity contribution in [3.8, 4) is 0 Å². The second-order valence-electron chi connectivity index (χ2n) is 6.07. The van der Waals surface area contributed by atoms with E-state index in [1.807, 2.05) is 54.2 Å². The molecule has 1 aliphatic heterocycles. The summed E-state index contributed by atoms with van der Waals surface area (Å²) in [5, 5.41) is 11.6. The van der Waals surface area contributed by atoms with Crippen LogP contribution in [0.4, 0.5) is 0 Å². The first-order valence-corrected chi connectivity index (χ1v) is 10.7. The van der Waals surface area contributed by atoms with Crippen molar-refractivity contribution in [1.29, 1.82) is 0 Å². The quantitative estimate of drug-likeness (QED) is 0.744. The van der Waals surface area contributed by atoms with Crippen LogP contribution < -0.4 is 0 Å². The third-order valence-electron chi connectivity index (χ3n) is 4.50. The highest BCUT2D eigenvalue weighted by Gasteiger charge is 2.49. The minimum atomic E-state index is -0.975. The summed E-state index contributed by atoms with van der Waals surface area (Å²) in [5.41, 5.74) is 1.01. The number of thioether (sulfide) groups is 2. The molecule has 24 heavy (non-hydrogen) atoms. The van der Waals surface area contributed by atoms with Gasteiger partial charge in [0.25, 0.3) is 0 Å². The molecule has 1 saturated heterocycles. The Labute approximate surface area is 153 Å². The van der Waals surface area contributed by atoms with Gasteiger partial charge in [0.05, 0.1) is 6.10 Å². The van der Waals surface area contributed by atoms with Gasteiger partial charge >= 0.3 is 0 Å². The maximum absolute atomic E-state index is 11.6. The maximum atomic E-state index is 11.6. The molecule has 2 aromatic rings. The molecule has 2 nitrogen and oxygen atoms in total. The topological polar surface area (TPSA) is 29.5 Å². The smallest absolute Gasteiger partial charge is 0.122 e. The van der Waals surface area contributed by atoms with Crippen LogP contribution in [0.2, 0.25) is 0 Å². The molecule has 1 N–H and O–H groups in total. The predicted octanol–water partition coefficient (Wildman–Crippen LogP) is 4.88. The fourth-order valence-electron chi connectivity index (χ4n) is 3.29. The highest BCUT2D eigenvalue weighted by molar-refractivity contribution is 7.99. The number of hydrogen-bond acceptors (Lipinski definition) is 4. The van der Waals surface area contributed by atoms with E-state index in [4.69, 9.17) is 4.74 Å². The van der Waals surface area contributed by atoms with E-state index in [2.05, 4.69) is 25.3 Å². The summed E-state index contributed by atoms with van der Waals surface area (Å²) in [4.78, 5) is 1.20. The molecule has 0 spiro atoms. The highest BCUT2D eigenvalue weighted by Crippen LogP contribution is 2.48. The normalized spacial score (nSPS) is 26.6. The molecule has 0 amide bonds. The Kier molecular flexibility index (Phi) is 5.93. The zero-order valence-corrected chi connectivity index (χ0v) is 15.8. The first-order chi connectivity index (χ1) is 11.7. The molecular formula is C20H24O2S2. The average molecular weight is 361 g/mol. The molecule has 0 radical (unpaired) electrons. The maximum Gasteiger partial charge on any atom is 0.122 e. The van der Waals surface area contributed by atoms with Crippen molar-refractivity contribution >= 4 is 23.5 Å². The molecule has 0 aromatic heterocycles. The summed E-state index contributed by atoms with van der Waals surface area (Å²) in [6, 6.07) is 18.3. The van der Waals surface area contributed by atoms with E-state index < -0.39 is 5.60 Å². The summed E-state index contributed by atoms with van der Waals surface area (Å²) in [6.45, 7) is 2.15. The lowest BCUT2D eigenvalue weighted by molar-refractivity contribution is -0.0515. The second kappa shape index (κ2) is 7.96. The Morgan fingerprint density at radius 1 is 1.12 bits per heavy atom. The molecule has 128 valence electrons. The van der Waals surface area contributed by atoms with E-state index in [1.54, 1.807) is 11.8 Å². The fraction of sp³-hybridized carbons (Fsp3) is 0.400. The Balaban J connectivity index is 1.93. The standard InChI is InChI=1S/C20H24O2S2/c1-3-24-14-17-13-20(21,16-9-11-18(23-2)12-10-16)19(22-17)15-7-5-4-6-8-15/h4-12,17,19,21H,3,13-14H2,1-2H3/t17-,19+,20-/m0/s1. The van der Waals surface area contributed by atoms with Gasteiger partial charge in [0.2, 0.25) is 0 Å². The molecule has 3 atom stereocenters. The summed E-state index contributed by atoms with van der Waals surface area (Å²) in [5.74, 6) is 1.99. The van der Waals surface area contributed by atoms with Gasteiger partial charge < -0.3 is 9.84 Å². The van der Waals surface area contributed by atoms with Gasteiger partial charge in [-0.15, -0.1) is 11.8 Å². The Morgan fingerprint density at radius 3 is 2.46 bits per heavy atom. The summed E-state index contributed by atoms with van der Waals surface area (Å²) in [7, 11) is 0. The third-order valence-corrected chi connectivity index (χ3v) is 6.26. The van der Waals surface area contributed by atoms with Crippen LogP contribution in [0.3, 0.4) is 0 Å². The monoisotopic (exact) mass is 360 g/mol. The minimum Gasteiger partial charge on any atom is -0.382 e. The Bertz CT molecular complexity index is 644. The average Bonchev–Trinajstić information content (AvgIpc) is 2.98. The molecule has 0 aliphatic carbocycles. The van der Waals surface area contributed by atoms with Crippen molar-refractivity contribution < 1.29 is 9.84 Å². The summed E-state index contributed by atoms with van der Waals surface area (Å²) < 4.78 is 6.30. The molecule has 0 bridgehead atoms. The van der Waals surface area contributed by atoms with Gasteiger partial charge in [-0.1, -0.05) is 49.4 Å². The molecule has 4 heteroatoms. The summed E-state index contributed by atoms with van der Waals surface area (Å²) >= 11 is 3.58. The van der Waals surface area contributed by atoms with Gasteiger partial charge in [0.1, 0.15) is 11.7 Å². The first kappa shape index (κ1) is 17.9. The zero-order chi connectivity index (χ0) is 17.0. The fourth-order valence-corrected chi connectivity index (χ4v) is 4.39. The highest BCUT2D eigenvalue weighted by atomic mass is 32.2. The van der Waals surface area contributed by atoms with E-state index in [-0.39, 0.29) is 12.2 Å². The van der Waals surface area contributed by atoms with Crippen LogP contribution in [0.1, 0.15) is 30.6 Å². The van der Waals surface area contributed by atoms with Gasteiger partial charge in [0, 0.05) is 17.1 Å². The SMILES string of the molecule is CCSC[C@@H]1C[C@](O)(c2ccc(SC)cc2)[C@@H](c2ccccc2)O1. The molecule has 3 rings (SSSR count). The van der Waals surface area contributed by atoms with E-state index in [1.165, 1.54) is 4.90 Å². The number of hydrogen-bond donors (Lipinski definition) is 1. The van der Waals surface area contributed by atoms with Crippen LogP contribution in [-0.4, -0.2) is 29.0 Å². The van der Waals surface area contributed by atoms with Crippen LogP contribution in [0, 0.1) is 0 Å². The Morgan fingerprint density at radius 2 is 1.83 bits per heavy atom. The van der Waals surface area contributed by atoms with Crippen molar-refractivity contribution in [2.24, 2.45) is 0 Å². The molecule has 2 aromatic carbocycles. The number of rotatable bonds is 6. The van der Waals surface area contributed by atoms with Gasteiger partial charge in [0.15, 0.2) is 0 Å². The van der Waals surface area contributed by atoms with Crippen molar-refractivity contribution in [3.05, 3.63) is 65.7 Å². The van der Waals surface area contributed by atoms with E-state index in [0.29, 0.717) is 6.42 Å². The van der Waals surface area contributed by atoms with E-state index >= 15 is 0 Å². The van der Waals surface area contributed by atoms with Crippen LogP contribution in [0.25, 0.3) is 0 Å². The van der Waals surface area contributed by atoms with Gasteiger partial charge in [-0.2, -0.15) is 11.8 Å². The molecule has 0 saturated carbocycles. The zero-order valence-electron chi connectivity index (χ0n) is 14.1. The largest absolute Gasteiger partial charge is 0.382 e. The van der Waals surface area contributed by atoms with Gasteiger partial charge in [-0.05, 0) is 35.3 Å². The predicted molar refractivity (Wildman–Crippen MR) is 104 cm³/mol. The van der Waals surface area contributed by atoms with Gasteiger partial charge in [-0.25, -0.2) is 0 Å². The lowest BCUT2D eigenvalue weighted by Gasteiger charge is -2.29. The lowest BCUT2D eigenvalue weighted by Crippen LogP contribution is -2.29. The first-order valence-electron chi connectivity index (χ1n) is 8.32. The van der Waals surface area contributed by atoms with Crippen LogP contribution in [0.5, 0.6) is 0 Å². The van der Waals surface area contributed by atoms with Crippen LogP contribution in [-0.2, 0) is 10.3 Å². The lowest BCUT2D eigenvalue weighted by atomic mass is 9.83. The van der Waals surface area contributed by atoms with E-state index in [9.17, 15) is 5.11 Å². The summed E-state index contributed by atoms with van der Waals surface area (Å²) in [6.07, 6.45) is 2.46. The number of ether oxygens (including phenoxy) is 1. The van der Waals surface area contributed by atoms with Crippen molar-refractivity contribution in [3.63, 3.8) is 0 Å². The molecule has 1 heterocycles. The number of aliphatic hydroxyl groups is 1. The minimum absolute atomic E-state index is 0.0744. The number of benzene rings is 2. The molecule has 0 unspecified atom stereocenters. The van der Waals surface area contributed by atoms with Gasteiger partial charge in [-0.3, -0.25) is 0 Å². The van der Waals surface area contributed by atoms with Crippen molar-refractivity contribution in [2.45, 2.75) is 36.0 Å². The Hall–Kier alpha value is -0.940.